The van der Waals surface area contributed by atoms with Gasteiger partial charge in [-0.15, -0.1) is 23.1 Å². The summed E-state index contributed by atoms with van der Waals surface area (Å²) in [5.41, 5.74) is 2.08. The average molecular weight is 418 g/mol. The van der Waals surface area contributed by atoms with E-state index in [1.165, 1.54) is 30.0 Å². The summed E-state index contributed by atoms with van der Waals surface area (Å²) in [5.74, 6) is -0.531. The van der Waals surface area contributed by atoms with Gasteiger partial charge in [0, 0.05) is 16.0 Å². The Morgan fingerprint density at radius 1 is 1.36 bits per heavy atom. The van der Waals surface area contributed by atoms with E-state index in [0.29, 0.717) is 11.3 Å². The first-order valence-electron chi connectivity index (χ1n) is 8.80. The smallest absolute Gasteiger partial charge is 0.340 e. The number of thiazole rings is 1. The molecule has 0 radical (unpaired) electrons. The molecule has 1 heterocycles. The molecule has 0 bridgehead atoms. The first-order valence-corrected chi connectivity index (χ1v) is 10.7. The van der Waals surface area contributed by atoms with Crippen molar-refractivity contribution < 1.29 is 14.3 Å². The summed E-state index contributed by atoms with van der Waals surface area (Å²) in [4.78, 5) is 30.0. The number of nitriles is 1. The summed E-state index contributed by atoms with van der Waals surface area (Å²) in [6.45, 7) is 6.83. The molecule has 0 aliphatic heterocycles. The van der Waals surface area contributed by atoms with Crippen LogP contribution in [0.25, 0.3) is 0 Å². The second-order valence-corrected chi connectivity index (χ2v) is 8.51. The average Bonchev–Trinajstić information content (AvgIpc) is 3.19. The van der Waals surface area contributed by atoms with Gasteiger partial charge in [-0.2, -0.15) is 5.26 Å². The lowest BCUT2D eigenvalue weighted by Crippen LogP contribution is -2.52. The van der Waals surface area contributed by atoms with Crippen molar-refractivity contribution in [3.8, 4) is 6.07 Å². The highest BCUT2D eigenvalue weighted by molar-refractivity contribution is 7.98. The quantitative estimate of drug-likeness (QED) is 0.515. The van der Waals surface area contributed by atoms with Gasteiger partial charge in [0.25, 0.3) is 5.91 Å². The maximum absolute atomic E-state index is 12.6. The number of nitrogens with one attached hydrogen (secondary N) is 1. The van der Waals surface area contributed by atoms with E-state index in [4.69, 9.17) is 4.74 Å². The molecule has 0 saturated heterocycles. The Morgan fingerprint density at radius 3 is 2.68 bits per heavy atom. The highest BCUT2D eigenvalue weighted by atomic mass is 32.2. The number of thioether (sulfide) groups is 1. The molecule has 0 spiro atoms. The second-order valence-electron chi connectivity index (χ2n) is 6.77. The number of carbonyl (C=O) groups excluding carboxylic acids is 2. The molecule has 148 valence electrons. The topological polar surface area (TPSA) is 92.1 Å². The van der Waals surface area contributed by atoms with Crippen molar-refractivity contribution in [2.75, 3.05) is 0 Å². The van der Waals surface area contributed by atoms with Gasteiger partial charge in [0.1, 0.15) is 5.54 Å². The van der Waals surface area contributed by atoms with Crippen molar-refractivity contribution in [3.05, 3.63) is 46.4 Å². The molecule has 6 nitrogen and oxygen atoms in total. The van der Waals surface area contributed by atoms with Gasteiger partial charge in [-0.1, -0.05) is 26.0 Å². The minimum atomic E-state index is -1.03. The Balaban J connectivity index is 2.04. The van der Waals surface area contributed by atoms with Gasteiger partial charge in [-0.05, 0) is 31.9 Å². The van der Waals surface area contributed by atoms with Crippen LogP contribution in [-0.4, -0.2) is 28.5 Å². The van der Waals surface area contributed by atoms with E-state index in [0.717, 1.165) is 10.6 Å². The van der Waals surface area contributed by atoms with E-state index in [9.17, 15) is 14.9 Å². The summed E-state index contributed by atoms with van der Waals surface area (Å²) in [5, 5.41) is 14.0. The van der Waals surface area contributed by atoms with E-state index < -0.39 is 23.5 Å². The van der Waals surface area contributed by atoms with E-state index in [-0.39, 0.29) is 5.92 Å². The Morgan fingerprint density at radius 2 is 2.07 bits per heavy atom. The van der Waals surface area contributed by atoms with Crippen LogP contribution in [0.1, 0.15) is 43.7 Å². The van der Waals surface area contributed by atoms with Crippen LogP contribution in [0.5, 0.6) is 0 Å². The highest BCUT2D eigenvalue weighted by Gasteiger charge is 2.32. The molecule has 0 aliphatic carbocycles. The van der Waals surface area contributed by atoms with Crippen LogP contribution < -0.4 is 5.32 Å². The third-order valence-electron chi connectivity index (χ3n) is 4.39. The van der Waals surface area contributed by atoms with Crippen molar-refractivity contribution in [2.45, 2.75) is 50.0 Å². The zero-order valence-electron chi connectivity index (χ0n) is 16.3. The largest absolute Gasteiger partial charge is 0.449 e. The summed E-state index contributed by atoms with van der Waals surface area (Å²) >= 11 is 3.01. The molecule has 1 N–H and O–H groups in total. The number of nitrogens with zero attached hydrogens (tertiary/aromatic N) is 2. The maximum atomic E-state index is 12.6. The van der Waals surface area contributed by atoms with Crippen molar-refractivity contribution >= 4 is 35.0 Å². The fourth-order valence-electron chi connectivity index (χ4n) is 2.16. The number of carbonyl (C=O) groups is 2. The van der Waals surface area contributed by atoms with Crippen LogP contribution >= 0.6 is 23.1 Å². The Labute approximate surface area is 173 Å². The standard InChI is InChI=1S/C20H23N3O3S2/c1-13(2)20(4,11-21)23-18(24)14(3)26-19(25)16-7-5-6-8-17(16)28-10-15-9-27-12-22-15/h5-9,12-14H,10H2,1-4H3,(H,23,24). The monoisotopic (exact) mass is 417 g/mol. The third-order valence-corrected chi connectivity index (χ3v) is 6.13. The Bertz CT molecular complexity index is 862. The minimum Gasteiger partial charge on any atom is -0.449 e. The van der Waals surface area contributed by atoms with Crippen LogP contribution in [0.4, 0.5) is 0 Å². The van der Waals surface area contributed by atoms with Crippen LogP contribution in [0.3, 0.4) is 0 Å². The Kier molecular flexibility index (Phi) is 7.61. The Hall–Kier alpha value is -2.37. The maximum Gasteiger partial charge on any atom is 0.340 e. The summed E-state index contributed by atoms with van der Waals surface area (Å²) in [6, 6.07) is 9.21. The summed E-state index contributed by atoms with van der Waals surface area (Å²) in [6.07, 6.45) is -1.02. The van der Waals surface area contributed by atoms with Crippen molar-refractivity contribution in [2.24, 2.45) is 5.92 Å². The van der Waals surface area contributed by atoms with Gasteiger partial charge >= 0.3 is 5.97 Å². The number of esters is 1. The summed E-state index contributed by atoms with van der Waals surface area (Å²) in [7, 11) is 0. The third kappa shape index (κ3) is 5.57. The molecule has 28 heavy (non-hydrogen) atoms. The minimum absolute atomic E-state index is 0.0906. The van der Waals surface area contributed by atoms with Crippen molar-refractivity contribution in [1.29, 1.82) is 5.26 Å². The van der Waals surface area contributed by atoms with Gasteiger partial charge in [0.15, 0.2) is 6.10 Å². The van der Waals surface area contributed by atoms with Gasteiger partial charge in [-0.25, -0.2) is 9.78 Å². The molecule has 1 aromatic heterocycles. The van der Waals surface area contributed by atoms with Crippen LogP contribution in [0.2, 0.25) is 0 Å². The van der Waals surface area contributed by atoms with E-state index in [2.05, 4.69) is 16.4 Å². The predicted molar refractivity (Wildman–Crippen MR) is 110 cm³/mol. The molecule has 1 aromatic carbocycles. The lowest BCUT2D eigenvalue weighted by atomic mass is 9.90. The molecule has 2 unspecified atom stereocenters. The molecule has 2 atom stereocenters. The number of rotatable bonds is 8. The molecular weight excluding hydrogens is 394 g/mol. The van der Waals surface area contributed by atoms with Gasteiger partial charge in [0.05, 0.1) is 22.8 Å². The molecule has 2 aromatic rings. The summed E-state index contributed by atoms with van der Waals surface area (Å²) < 4.78 is 5.36. The molecule has 8 heteroatoms. The van der Waals surface area contributed by atoms with Gasteiger partial charge in [0.2, 0.25) is 0 Å². The number of benzene rings is 1. The van der Waals surface area contributed by atoms with Crippen molar-refractivity contribution in [3.63, 3.8) is 0 Å². The SMILES string of the molecule is CC(OC(=O)c1ccccc1SCc1cscn1)C(=O)NC(C)(C#N)C(C)C. The molecule has 1 amide bonds. The zero-order valence-corrected chi connectivity index (χ0v) is 17.9. The van der Waals surface area contributed by atoms with Crippen LogP contribution in [-0.2, 0) is 15.3 Å². The molecule has 2 rings (SSSR count). The number of ether oxygens (including phenoxy) is 1. The number of hydrogen-bond donors (Lipinski definition) is 1. The molecule has 0 fully saturated rings. The van der Waals surface area contributed by atoms with E-state index in [1.54, 1.807) is 24.6 Å². The first-order chi connectivity index (χ1) is 13.3. The molecule has 0 saturated carbocycles. The van der Waals surface area contributed by atoms with Crippen LogP contribution in [0.15, 0.2) is 40.1 Å². The molecular formula is C20H23N3O3S2. The van der Waals surface area contributed by atoms with Gasteiger partial charge < -0.3 is 10.1 Å². The lowest BCUT2D eigenvalue weighted by Gasteiger charge is -2.28. The normalized spacial score (nSPS) is 14.0. The fraction of sp³-hybridized carbons (Fsp3) is 0.400. The van der Waals surface area contributed by atoms with Crippen molar-refractivity contribution in [1.82, 2.24) is 10.3 Å². The highest BCUT2D eigenvalue weighted by Crippen LogP contribution is 2.27. The number of hydrogen-bond acceptors (Lipinski definition) is 7. The number of amides is 1. The number of aromatic nitrogens is 1. The zero-order chi connectivity index (χ0) is 20.7. The molecule has 0 aliphatic rings. The first kappa shape index (κ1) is 21.9. The van der Waals surface area contributed by atoms with E-state index >= 15 is 0 Å². The fourth-order valence-corrected chi connectivity index (χ4v) is 3.76. The predicted octanol–water partition coefficient (Wildman–Crippen LogP) is 4.04. The van der Waals surface area contributed by atoms with E-state index in [1.807, 2.05) is 31.4 Å². The lowest BCUT2D eigenvalue weighted by molar-refractivity contribution is -0.130. The van der Waals surface area contributed by atoms with Gasteiger partial charge in [-0.3, -0.25) is 4.79 Å². The second kappa shape index (κ2) is 9.71. The van der Waals surface area contributed by atoms with Crippen LogP contribution in [0, 0.1) is 17.2 Å².